The third-order valence-corrected chi connectivity index (χ3v) is 6.08. The molecule has 0 aromatic heterocycles. The van der Waals surface area contributed by atoms with E-state index in [9.17, 15) is 4.79 Å². The van der Waals surface area contributed by atoms with Crippen LogP contribution < -0.4 is 0 Å². The molecule has 1 aliphatic rings. The van der Waals surface area contributed by atoms with Crippen LogP contribution in [0, 0.1) is 3.57 Å². The molecular formula is C13H15BrINOS. The first-order valence-corrected chi connectivity index (χ1v) is 8.80. The van der Waals surface area contributed by atoms with Gasteiger partial charge in [-0.25, -0.2) is 0 Å². The second kappa shape index (κ2) is 6.13. The van der Waals surface area contributed by atoms with Gasteiger partial charge in [-0.15, -0.1) is 0 Å². The maximum atomic E-state index is 12.6. The summed E-state index contributed by atoms with van der Waals surface area (Å²) >= 11 is 7.61. The van der Waals surface area contributed by atoms with Crippen LogP contribution in [0.1, 0.15) is 24.2 Å². The second-order valence-electron chi connectivity index (χ2n) is 4.44. The molecule has 2 rings (SSSR count). The first-order valence-electron chi connectivity index (χ1n) is 5.88. The minimum absolute atomic E-state index is 0.153. The van der Waals surface area contributed by atoms with Crippen LogP contribution in [0.3, 0.4) is 0 Å². The first kappa shape index (κ1) is 14.7. The average Bonchev–Trinajstić information content (AvgIpc) is 2.35. The Labute approximate surface area is 134 Å². The summed E-state index contributed by atoms with van der Waals surface area (Å²) in [4.78, 5) is 14.6. The molecule has 1 amide bonds. The molecule has 0 bridgehead atoms. The lowest BCUT2D eigenvalue weighted by Crippen LogP contribution is -2.48. The standard InChI is InChI=1S/C13H15BrINOS/c1-8-9(2)18-6-5-16(8)13(17)11-7-10(14)3-4-12(11)15/h3-4,7-9H,5-6H2,1-2H3. The molecule has 0 N–H and O–H groups in total. The van der Waals surface area contributed by atoms with Gasteiger partial charge < -0.3 is 4.90 Å². The van der Waals surface area contributed by atoms with Crippen molar-refractivity contribution >= 4 is 56.2 Å². The predicted octanol–water partition coefficient (Wildman–Crippen LogP) is 4.02. The molecule has 1 aliphatic heterocycles. The molecule has 98 valence electrons. The van der Waals surface area contributed by atoms with Gasteiger partial charge in [0.05, 0.1) is 5.56 Å². The lowest BCUT2D eigenvalue weighted by Gasteiger charge is -2.37. The SMILES string of the molecule is CC1SCCN(C(=O)c2cc(Br)ccc2I)C1C. The van der Waals surface area contributed by atoms with Gasteiger partial charge in [0.2, 0.25) is 0 Å². The molecular weight excluding hydrogens is 425 g/mol. The quantitative estimate of drug-likeness (QED) is 0.616. The Kier molecular flexibility index (Phi) is 4.99. The normalized spacial score (nSPS) is 24.1. The number of nitrogens with zero attached hydrogens (tertiary/aromatic N) is 1. The van der Waals surface area contributed by atoms with Gasteiger partial charge in [0.1, 0.15) is 0 Å². The lowest BCUT2D eigenvalue weighted by molar-refractivity contribution is 0.0697. The molecule has 1 heterocycles. The maximum Gasteiger partial charge on any atom is 0.255 e. The summed E-state index contributed by atoms with van der Waals surface area (Å²) in [6.07, 6.45) is 0. The van der Waals surface area contributed by atoms with Crippen LogP contribution in [0.2, 0.25) is 0 Å². The Balaban J connectivity index is 2.27. The van der Waals surface area contributed by atoms with Gasteiger partial charge in [-0.1, -0.05) is 22.9 Å². The molecule has 1 saturated heterocycles. The number of hydrogen-bond donors (Lipinski definition) is 0. The fourth-order valence-electron chi connectivity index (χ4n) is 2.04. The number of carbonyl (C=O) groups is 1. The number of halogens is 2. The Morgan fingerprint density at radius 2 is 2.22 bits per heavy atom. The van der Waals surface area contributed by atoms with E-state index in [-0.39, 0.29) is 5.91 Å². The zero-order chi connectivity index (χ0) is 13.3. The van der Waals surface area contributed by atoms with Crippen LogP contribution in [-0.2, 0) is 0 Å². The Bertz CT molecular complexity index is 468. The van der Waals surface area contributed by atoms with Crippen molar-refractivity contribution in [3.05, 3.63) is 31.8 Å². The van der Waals surface area contributed by atoms with E-state index in [2.05, 4.69) is 52.4 Å². The highest BCUT2D eigenvalue weighted by Gasteiger charge is 2.30. The van der Waals surface area contributed by atoms with Crippen LogP contribution in [0.4, 0.5) is 0 Å². The number of hydrogen-bond acceptors (Lipinski definition) is 2. The number of benzene rings is 1. The van der Waals surface area contributed by atoms with Gasteiger partial charge in [-0.3, -0.25) is 4.79 Å². The van der Waals surface area contributed by atoms with E-state index >= 15 is 0 Å². The highest BCUT2D eigenvalue weighted by molar-refractivity contribution is 14.1. The van der Waals surface area contributed by atoms with Gasteiger partial charge >= 0.3 is 0 Å². The third kappa shape index (κ3) is 3.04. The fraction of sp³-hybridized carbons (Fsp3) is 0.462. The summed E-state index contributed by atoms with van der Waals surface area (Å²) in [5, 5.41) is 0.507. The smallest absolute Gasteiger partial charge is 0.255 e. The highest BCUT2D eigenvalue weighted by Crippen LogP contribution is 2.27. The summed E-state index contributed by atoms with van der Waals surface area (Å²) in [6.45, 7) is 5.18. The van der Waals surface area contributed by atoms with Crippen molar-refractivity contribution in [3.8, 4) is 0 Å². The summed E-state index contributed by atoms with van der Waals surface area (Å²) in [6, 6.07) is 6.16. The average molecular weight is 440 g/mol. The van der Waals surface area contributed by atoms with Crippen molar-refractivity contribution in [1.29, 1.82) is 0 Å². The Hall–Kier alpha value is 0.250. The van der Waals surface area contributed by atoms with E-state index in [0.717, 1.165) is 25.9 Å². The number of amides is 1. The van der Waals surface area contributed by atoms with Crippen molar-refractivity contribution in [2.24, 2.45) is 0 Å². The minimum Gasteiger partial charge on any atom is -0.334 e. The predicted molar refractivity (Wildman–Crippen MR) is 89.3 cm³/mol. The molecule has 1 aromatic rings. The summed E-state index contributed by atoms with van der Waals surface area (Å²) < 4.78 is 1.97. The van der Waals surface area contributed by atoms with Gasteiger partial charge in [0.15, 0.2) is 0 Å². The molecule has 2 unspecified atom stereocenters. The fourth-order valence-corrected chi connectivity index (χ4v) is 4.06. The van der Waals surface area contributed by atoms with Crippen molar-refractivity contribution in [2.75, 3.05) is 12.3 Å². The van der Waals surface area contributed by atoms with E-state index in [4.69, 9.17) is 0 Å². The largest absolute Gasteiger partial charge is 0.334 e. The Morgan fingerprint density at radius 1 is 1.50 bits per heavy atom. The molecule has 1 fully saturated rings. The van der Waals surface area contributed by atoms with Crippen LogP contribution in [0.15, 0.2) is 22.7 Å². The molecule has 2 atom stereocenters. The highest BCUT2D eigenvalue weighted by atomic mass is 127. The summed E-state index contributed by atoms with van der Waals surface area (Å²) in [5.41, 5.74) is 0.802. The number of thioether (sulfide) groups is 1. The lowest BCUT2D eigenvalue weighted by atomic mass is 10.1. The van der Waals surface area contributed by atoms with E-state index < -0.39 is 0 Å². The van der Waals surface area contributed by atoms with Crippen LogP contribution >= 0.6 is 50.3 Å². The second-order valence-corrected chi connectivity index (χ2v) is 8.00. The van der Waals surface area contributed by atoms with Crippen molar-refractivity contribution in [2.45, 2.75) is 25.1 Å². The summed E-state index contributed by atoms with van der Waals surface area (Å²) in [5.74, 6) is 1.18. The van der Waals surface area contributed by atoms with Crippen molar-refractivity contribution < 1.29 is 4.79 Å². The molecule has 0 aliphatic carbocycles. The van der Waals surface area contributed by atoms with E-state index in [1.54, 1.807) is 0 Å². The molecule has 5 heteroatoms. The van der Waals surface area contributed by atoms with Crippen LogP contribution in [0.5, 0.6) is 0 Å². The van der Waals surface area contributed by atoms with Gasteiger partial charge in [0, 0.05) is 31.6 Å². The molecule has 0 spiro atoms. The van der Waals surface area contributed by atoms with E-state index in [1.807, 2.05) is 34.9 Å². The van der Waals surface area contributed by atoms with Gasteiger partial charge in [-0.2, -0.15) is 11.8 Å². The third-order valence-electron chi connectivity index (χ3n) is 3.30. The zero-order valence-corrected chi connectivity index (χ0v) is 14.9. The first-order chi connectivity index (χ1) is 8.50. The monoisotopic (exact) mass is 439 g/mol. The maximum absolute atomic E-state index is 12.6. The number of rotatable bonds is 1. The van der Waals surface area contributed by atoms with E-state index in [1.165, 1.54) is 0 Å². The van der Waals surface area contributed by atoms with Gasteiger partial charge in [-0.05, 0) is 47.7 Å². The topological polar surface area (TPSA) is 20.3 Å². The van der Waals surface area contributed by atoms with Crippen molar-refractivity contribution in [1.82, 2.24) is 4.90 Å². The molecule has 2 nitrogen and oxygen atoms in total. The molecule has 0 radical (unpaired) electrons. The number of carbonyl (C=O) groups excluding carboxylic acids is 1. The van der Waals surface area contributed by atoms with Crippen molar-refractivity contribution in [3.63, 3.8) is 0 Å². The zero-order valence-electron chi connectivity index (χ0n) is 10.3. The molecule has 0 saturated carbocycles. The minimum atomic E-state index is 0.153. The Morgan fingerprint density at radius 3 is 2.94 bits per heavy atom. The van der Waals surface area contributed by atoms with Crippen LogP contribution in [0.25, 0.3) is 0 Å². The molecule has 1 aromatic carbocycles. The van der Waals surface area contributed by atoms with E-state index in [0.29, 0.717) is 11.3 Å². The summed E-state index contributed by atoms with van der Waals surface area (Å²) in [7, 11) is 0. The van der Waals surface area contributed by atoms with Gasteiger partial charge in [0.25, 0.3) is 5.91 Å². The molecule has 18 heavy (non-hydrogen) atoms. The van der Waals surface area contributed by atoms with Crippen LogP contribution in [-0.4, -0.2) is 34.4 Å².